The first-order chi connectivity index (χ1) is 13.5. The molecule has 2 saturated carbocycles. The third-order valence-corrected chi connectivity index (χ3v) is 6.56. The summed E-state index contributed by atoms with van der Waals surface area (Å²) >= 11 is 6.05. The standard InChI is InChI=1S/C20H18ClFN4O2/c21-11-4-13-14(7-24-18(13)23-6-11)19-25-8-15(22)16(26-19)5-12-9-1-2-10(3-9)17(12)20(27)28/h4,6-10,12,17H,1-3,5H2,(H,23,24)(H,27,28)/t9-,10+,12-,17-/m0/s1. The van der Waals surface area contributed by atoms with E-state index in [1.807, 2.05) is 0 Å². The maximum absolute atomic E-state index is 14.5. The van der Waals surface area contributed by atoms with Gasteiger partial charge in [-0.2, -0.15) is 0 Å². The van der Waals surface area contributed by atoms with Gasteiger partial charge >= 0.3 is 5.97 Å². The summed E-state index contributed by atoms with van der Waals surface area (Å²) in [5.41, 5.74) is 1.61. The van der Waals surface area contributed by atoms with Gasteiger partial charge in [-0.15, -0.1) is 0 Å². The highest BCUT2D eigenvalue weighted by Crippen LogP contribution is 2.53. The van der Waals surface area contributed by atoms with Gasteiger partial charge in [0.2, 0.25) is 0 Å². The van der Waals surface area contributed by atoms with Crippen LogP contribution in [0.2, 0.25) is 5.02 Å². The number of nitrogens with one attached hydrogen (secondary N) is 1. The molecule has 0 radical (unpaired) electrons. The zero-order chi connectivity index (χ0) is 19.4. The lowest BCUT2D eigenvalue weighted by atomic mass is 9.77. The summed E-state index contributed by atoms with van der Waals surface area (Å²) in [5.74, 6) is -0.836. The summed E-state index contributed by atoms with van der Waals surface area (Å²) in [6.45, 7) is 0. The van der Waals surface area contributed by atoms with Crippen LogP contribution in [0.25, 0.3) is 22.4 Å². The third kappa shape index (κ3) is 2.76. The molecule has 4 atom stereocenters. The molecule has 0 saturated heterocycles. The molecule has 6 nitrogen and oxygen atoms in total. The van der Waals surface area contributed by atoms with Gasteiger partial charge in [-0.05, 0) is 49.5 Å². The van der Waals surface area contributed by atoms with E-state index in [2.05, 4.69) is 19.9 Å². The van der Waals surface area contributed by atoms with Crippen molar-refractivity contribution in [2.24, 2.45) is 23.7 Å². The van der Waals surface area contributed by atoms with Crippen LogP contribution in [0.3, 0.4) is 0 Å². The van der Waals surface area contributed by atoms with Crippen molar-refractivity contribution < 1.29 is 14.3 Å². The molecule has 2 aliphatic rings. The van der Waals surface area contributed by atoms with Crippen molar-refractivity contribution >= 4 is 28.6 Å². The van der Waals surface area contributed by atoms with E-state index in [1.54, 1.807) is 18.5 Å². The Morgan fingerprint density at radius 1 is 1.29 bits per heavy atom. The van der Waals surface area contributed by atoms with Crippen molar-refractivity contribution in [3.63, 3.8) is 0 Å². The molecule has 3 aromatic heterocycles. The minimum absolute atomic E-state index is 0.0763. The Labute approximate surface area is 165 Å². The monoisotopic (exact) mass is 400 g/mol. The van der Waals surface area contributed by atoms with Gasteiger partial charge in [0.15, 0.2) is 11.6 Å². The lowest BCUT2D eigenvalue weighted by Gasteiger charge is -2.27. The van der Waals surface area contributed by atoms with Gasteiger partial charge < -0.3 is 10.1 Å². The van der Waals surface area contributed by atoms with E-state index in [-0.39, 0.29) is 17.5 Å². The van der Waals surface area contributed by atoms with Crippen molar-refractivity contribution in [1.29, 1.82) is 0 Å². The Bertz CT molecular complexity index is 1090. The molecule has 0 unspecified atom stereocenters. The van der Waals surface area contributed by atoms with Gasteiger partial charge in [-0.1, -0.05) is 11.6 Å². The quantitative estimate of drug-likeness (QED) is 0.687. The number of halogens is 2. The summed E-state index contributed by atoms with van der Waals surface area (Å²) in [6.07, 6.45) is 7.65. The van der Waals surface area contributed by atoms with E-state index in [0.29, 0.717) is 34.4 Å². The lowest BCUT2D eigenvalue weighted by Crippen LogP contribution is -2.31. The van der Waals surface area contributed by atoms with Crippen molar-refractivity contribution in [2.75, 3.05) is 0 Å². The van der Waals surface area contributed by atoms with Crippen LogP contribution in [0.1, 0.15) is 25.0 Å². The minimum atomic E-state index is -0.774. The number of aromatic amines is 1. The summed E-state index contributed by atoms with van der Waals surface area (Å²) in [7, 11) is 0. The van der Waals surface area contributed by atoms with Crippen molar-refractivity contribution in [3.05, 3.63) is 41.2 Å². The first kappa shape index (κ1) is 17.6. The molecule has 8 heteroatoms. The third-order valence-electron chi connectivity index (χ3n) is 6.36. The Morgan fingerprint density at radius 3 is 2.93 bits per heavy atom. The number of hydrogen-bond donors (Lipinski definition) is 2. The number of hydrogen-bond acceptors (Lipinski definition) is 4. The largest absolute Gasteiger partial charge is 0.481 e. The predicted octanol–water partition coefficient (Wildman–Crippen LogP) is 4.10. The van der Waals surface area contributed by atoms with E-state index in [4.69, 9.17) is 11.6 Å². The zero-order valence-corrected chi connectivity index (χ0v) is 15.7. The maximum atomic E-state index is 14.5. The number of carboxylic acids is 1. The number of pyridine rings is 1. The van der Waals surface area contributed by atoms with Crippen molar-refractivity contribution in [1.82, 2.24) is 19.9 Å². The molecule has 0 aliphatic heterocycles. The molecule has 2 fully saturated rings. The molecular formula is C20H18ClFN4O2. The summed E-state index contributed by atoms with van der Waals surface area (Å²) < 4.78 is 14.5. The molecule has 0 spiro atoms. The summed E-state index contributed by atoms with van der Waals surface area (Å²) in [5, 5.41) is 10.9. The zero-order valence-electron chi connectivity index (χ0n) is 14.9. The molecule has 28 heavy (non-hydrogen) atoms. The molecule has 2 bridgehead atoms. The number of carboxylic acid groups (broad SMARTS) is 1. The molecule has 3 heterocycles. The highest BCUT2D eigenvalue weighted by molar-refractivity contribution is 6.31. The minimum Gasteiger partial charge on any atom is -0.481 e. The average molecular weight is 401 g/mol. The van der Waals surface area contributed by atoms with Gasteiger partial charge in [0.25, 0.3) is 0 Å². The van der Waals surface area contributed by atoms with Crippen LogP contribution in [-0.2, 0) is 11.2 Å². The average Bonchev–Trinajstić information content (AvgIpc) is 3.37. The predicted molar refractivity (Wildman–Crippen MR) is 101 cm³/mol. The fourth-order valence-corrected chi connectivity index (χ4v) is 5.31. The molecule has 5 rings (SSSR count). The molecule has 0 amide bonds. The van der Waals surface area contributed by atoms with Crippen molar-refractivity contribution in [3.8, 4) is 11.4 Å². The number of H-pyrrole nitrogens is 1. The molecule has 3 aromatic rings. The number of carbonyl (C=O) groups is 1. The number of rotatable bonds is 4. The number of nitrogens with zero attached hydrogens (tertiary/aromatic N) is 3. The lowest BCUT2D eigenvalue weighted by molar-refractivity contribution is -0.145. The number of aromatic nitrogens is 4. The molecule has 0 aromatic carbocycles. The van der Waals surface area contributed by atoms with Crippen molar-refractivity contribution in [2.45, 2.75) is 25.7 Å². The molecule has 2 aliphatic carbocycles. The highest BCUT2D eigenvalue weighted by atomic mass is 35.5. The van der Waals surface area contributed by atoms with E-state index in [0.717, 1.165) is 30.8 Å². The SMILES string of the molecule is O=C(O)[C@H]1[C@@H]2CC[C@@H](C2)[C@@H]1Cc1nc(-c2c[nH]c3ncc(Cl)cc23)ncc1F. The van der Waals surface area contributed by atoms with Gasteiger partial charge in [-0.25, -0.2) is 19.3 Å². The smallest absolute Gasteiger partial charge is 0.307 e. The second-order valence-electron chi connectivity index (χ2n) is 7.81. The fourth-order valence-electron chi connectivity index (χ4n) is 5.15. The van der Waals surface area contributed by atoms with E-state index >= 15 is 0 Å². The first-order valence-electron chi connectivity index (χ1n) is 9.38. The normalized spacial score (nSPS) is 26.2. The van der Waals surface area contributed by atoms with Gasteiger partial charge in [0, 0.05) is 23.3 Å². The summed E-state index contributed by atoms with van der Waals surface area (Å²) in [6, 6.07) is 1.76. The maximum Gasteiger partial charge on any atom is 0.307 e. The summed E-state index contributed by atoms with van der Waals surface area (Å²) in [4.78, 5) is 27.6. The van der Waals surface area contributed by atoms with E-state index in [9.17, 15) is 14.3 Å². The number of aliphatic carboxylic acids is 1. The Kier molecular flexibility index (Phi) is 4.08. The van der Waals surface area contributed by atoms with Crippen LogP contribution >= 0.6 is 11.6 Å². The van der Waals surface area contributed by atoms with Gasteiger partial charge in [0.05, 0.1) is 22.8 Å². The van der Waals surface area contributed by atoms with Gasteiger partial charge in [0.1, 0.15) is 5.65 Å². The van der Waals surface area contributed by atoms with Crippen LogP contribution in [0, 0.1) is 29.5 Å². The highest BCUT2D eigenvalue weighted by Gasteiger charge is 2.51. The molecular weight excluding hydrogens is 383 g/mol. The second-order valence-corrected chi connectivity index (χ2v) is 8.24. The molecule has 2 N–H and O–H groups in total. The Morgan fingerprint density at radius 2 is 2.11 bits per heavy atom. The Balaban J connectivity index is 1.51. The second kappa shape index (κ2) is 6.51. The van der Waals surface area contributed by atoms with Crippen LogP contribution in [0.4, 0.5) is 4.39 Å². The molecule has 144 valence electrons. The number of fused-ring (bicyclic) bond motifs is 3. The Hall–Kier alpha value is -2.54. The first-order valence-corrected chi connectivity index (χ1v) is 9.76. The van der Waals surface area contributed by atoms with Crippen LogP contribution < -0.4 is 0 Å². The van der Waals surface area contributed by atoms with Crippen LogP contribution in [0.5, 0.6) is 0 Å². The van der Waals surface area contributed by atoms with Crippen LogP contribution in [-0.4, -0.2) is 31.0 Å². The van der Waals surface area contributed by atoms with E-state index < -0.39 is 17.7 Å². The fraction of sp³-hybridized carbons (Fsp3) is 0.400. The van der Waals surface area contributed by atoms with Gasteiger partial charge in [-0.3, -0.25) is 4.79 Å². The topological polar surface area (TPSA) is 91.8 Å². The van der Waals surface area contributed by atoms with Crippen LogP contribution in [0.15, 0.2) is 24.7 Å². The van der Waals surface area contributed by atoms with E-state index in [1.165, 1.54) is 0 Å².